The molecule has 102 valence electrons. The van der Waals surface area contributed by atoms with Crippen LogP contribution in [0.5, 0.6) is 0 Å². The molecule has 0 spiro atoms. The molecule has 3 heteroatoms. The van der Waals surface area contributed by atoms with Crippen LogP contribution in [0.3, 0.4) is 0 Å². The molecule has 2 atom stereocenters. The molecule has 0 saturated carbocycles. The lowest BCUT2D eigenvalue weighted by Gasteiger charge is -2.36. The van der Waals surface area contributed by atoms with Crippen molar-refractivity contribution in [2.45, 2.75) is 38.1 Å². The number of benzene rings is 1. The maximum atomic E-state index is 12.8. The molecule has 1 aliphatic carbocycles. The zero-order chi connectivity index (χ0) is 13.2. The minimum absolute atomic E-state index is 0.0928. The molecule has 0 aromatic heterocycles. The smallest absolute Gasteiger partial charge is 0.230 e. The van der Waals surface area contributed by atoms with Gasteiger partial charge in [0.05, 0.1) is 5.92 Å². The van der Waals surface area contributed by atoms with Gasteiger partial charge in [0.15, 0.2) is 0 Å². The number of fused-ring (bicyclic) bond motifs is 1. The van der Waals surface area contributed by atoms with Crippen molar-refractivity contribution in [3.8, 4) is 0 Å². The zero-order valence-corrected chi connectivity index (χ0v) is 11.6. The number of nitrogens with one attached hydrogen (secondary N) is 1. The second-order valence-corrected chi connectivity index (χ2v) is 5.78. The summed E-state index contributed by atoms with van der Waals surface area (Å²) in [6.45, 7) is 4.76. The first kappa shape index (κ1) is 12.7. The predicted molar refractivity (Wildman–Crippen MR) is 76.2 cm³/mol. The summed E-state index contributed by atoms with van der Waals surface area (Å²) in [5.41, 5.74) is 2.64. The van der Waals surface area contributed by atoms with Gasteiger partial charge in [-0.2, -0.15) is 0 Å². The Kier molecular flexibility index (Phi) is 3.56. The van der Waals surface area contributed by atoms with Gasteiger partial charge in [-0.25, -0.2) is 0 Å². The van der Waals surface area contributed by atoms with E-state index in [1.807, 2.05) is 4.90 Å². The largest absolute Gasteiger partial charge is 0.339 e. The van der Waals surface area contributed by atoms with Crippen molar-refractivity contribution in [2.24, 2.45) is 0 Å². The van der Waals surface area contributed by atoms with E-state index in [-0.39, 0.29) is 5.92 Å². The van der Waals surface area contributed by atoms with Crippen LogP contribution in [0.15, 0.2) is 24.3 Å². The maximum Gasteiger partial charge on any atom is 0.230 e. The molecule has 3 nitrogen and oxygen atoms in total. The topological polar surface area (TPSA) is 32.3 Å². The van der Waals surface area contributed by atoms with Crippen LogP contribution in [-0.2, 0) is 11.2 Å². The Hall–Kier alpha value is -1.35. The summed E-state index contributed by atoms with van der Waals surface area (Å²) in [7, 11) is 0. The molecule has 0 radical (unpaired) electrons. The van der Waals surface area contributed by atoms with Crippen molar-refractivity contribution in [3.05, 3.63) is 35.4 Å². The van der Waals surface area contributed by atoms with Crippen molar-refractivity contribution in [3.63, 3.8) is 0 Å². The van der Waals surface area contributed by atoms with Gasteiger partial charge in [-0.3, -0.25) is 4.79 Å². The molecule has 3 rings (SSSR count). The van der Waals surface area contributed by atoms with Crippen molar-refractivity contribution in [2.75, 3.05) is 19.6 Å². The van der Waals surface area contributed by atoms with Gasteiger partial charge in [-0.1, -0.05) is 24.3 Å². The quantitative estimate of drug-likeness (QED) is 0.835. The minimum atomic E-state index is 0.0928. The summed E-state index contributed by atoms with van der Waals surface area (Å²) in [5, 5.41) is 3.39. The first-order chi connectivity index (χ1) is 9.25. The number of piperazine rings is 1. The monoisotopic (exact) mass is 258 g/mol. The van der Waals surface area contributed by atoms with Gasteiger partial charge in [-0.15, -0.1) is 0 Å². The first-order valence-corrected chi connectivity index (χ1v) is 7.35. The van der Waals surface area contributed by atoms with Gasteiger partial charge >= 0.3 is 0 Å². The van der Waals surface area contributed by atoms with E-state index in [0.29, 0.717) is 11.9 Å². The highest BCUT2D eigenvalue weighted by Crippen LogP contribution is 2.33. The van der Waals surface area contributed by atoms with Crippen LogP contribution in [0.25, 0.3) is 0 Å². The SMILES string of the molecule is CC1CN(C(=O)C2CCCc3ccccc32)CCN1. The summed E-state index contributed by atoms with van der Waals surface area (Å²) in [6, 6.07) is 8.87. The van der Waals surface area contributed by atoms with Crippen LogP contribution in [-0.4, -0.2) is 36.5 Å². The van der Waals surface area contributed by atoms with Gasteiger partial charge in [0, 0.05) is 25.7 Å². The molecule has 2 unspecified atom stereocenters. The fourth-order valence-electron chi connectivity index (χ4n) is 3.36. The highest BCUT2D eigenvalue weighted by atomic mass is 16.2. The van der Waals surface area contributed by atoms with Crippen LogP contribution in [0.1, 0.15) is 36.8 Å². The Balaban J connectivity index is 1.81. The number of hydrogen-bond donors (Lipinski definition) is 1. The lowest BCUT2D eigenvalue weighted by molar-refractivity contribution is -0.134. The third-order valence-corrected chi connectivity index (χ3v) is 4.35. The molecular formula is C16H22N2O. The average Bonchev–Trinajstić information content (AvgIpc) is 2.46. The Morgan fingerprint density at radius 3 is 3.05 bits per heavy atom. The Bertz CT molecular complexity index is 472. The van der Waals surface area contributed by atoms with E-state index >= 15 is 0 Å². The fourth-order valence-corrected chi connectivity index (χ4v) is 3.36. The Morgan fingerprint density at radius 1 is 1.37 bits per heavy atom. The number of amides is 1. The molecule has 1 aromatic rings. The highest BCUT2D eigenvalue weighted by Gasteiger charge is 2.31. The van der Waals surface area contributed by atoms with Crippen LogP contribution in [0.4, 0.5) is 0 Å². The molecule has 1 saturated heterocycles. The fraction of sp³-hybridized carbons (Fsp3) is 0.562. The third-order valence-electron chi connectivity index (χ3n) is 4.35. The summed E-state index contributed by atoms with van der Waals surface area (Å²) >= 11 is 0. The second-order valence-electron chi connectivity index (χ2n) is 5.78. The van der Waals surface area contributed by atoms with Crippen LogP contribution >= 0.6 is 0 Å². The summed E-state index contributed by atoms with van der Waals surface area (Å²) in [4.78, 5) is 14.8. The van der Waals surface area contributed by atoms with Crippen molar-refractivity contribution >= 4 is 5.91 Å². The van der Waals surface area contributed by atoms with Crippen molar-refractivity contribution in [1.82, 2.24) is 10.2 Å². The van der Waals surface area contributed by atoms with Gasteiger partial charge in [0.1, 0.15) is 0 Å². The number of aryl methyl sites for hydroxylation is 1. The van der Waals surface area contributed by atoms with Crippen molar-refractivity contribution in [1.29, 1.82) is 0 Å². The first-order valence-electron chi connectivity index (χ1n) is 7.35. The minimum Gasteiger partial charge on any atom is -0.339 e. The Labute approximate surface area is 115 Å². The Morgan fingerprint density at radius 2 is 2.21 bits per heavy atom. The number of carbonyl (C=O) groups excluding carboxylic acids is 1. The van der Waals surface area contributed by atoms with Crippen LogP contribution in [0.2, 0.25) is 0 Å². The van der Waals surface area contributed by atoms with Crippen LogP contribution in [0, 0.1) is 0 Å². The maximum absolute atomic E-state index is 12.8. The standard InChI is InChI=1S/C16H22N2O/c1-12-11-18(10-9-17-12)16(19)15-8-4-6-13-5-2-3-7-14(13)15/h2-3,5,7,12,15,17H,4,6,8-11H2,1H3. The predicted octanol–water partition coefficient (Wildman–Crippen LogP) is 1.93. The lowest BCUT2D eigenvalue weighted by atomic mass is 9.82. The summed E-state index contributed by atoms with van der Waals surface area (Å²) in [5.74, 6) is 0.427. The van der Waals surface area contributed by atoms with Gasteiger partial charge in [0.2, 0.25) is 5.91 Å². The molecule has 1 N–H and O–H groups in total. The third kappa shape index (κ3) is 2.52. The van der Waals surface area contributed by atoms with Crippen molar-refractivity contribution < 1.29 is 4.79 Å². The molecule has 1 aromatic carbocycles. The van der Waals surface area contributed by atoms with E-state index in [4.69, 9.17) is 0 Å². The van der Waals surface area contributed by atoms with E-state index in [0.717, 1.165) is 38.9 Å². The summed E-state index contributed by atoms with van der Waals surface area (Å²) < 4.78 is 0. The number of carbonyl (C=O) groups is 1. The molecular weight excluding hydrogens is 236 g/mol. The zero-order valence-electron chi connectivity index (χ0n) is 11.6. The normalized spacial score (nSPS) is 26.9. The molecule has 1 aliphatic heterocycles. The summed E-state index contributed by atoms with van der Waals surface area (Å²) in [6.07, 6.45) is 3.27. The molecule has 1 heterocycles. The lowest BCUT2D eigenvalue weighted by Crippen LogP contribution is -2.52. The molecule has 2 aliphatic rings. The number of nitrogens with zero attached hydrogens (tertiary/aromatic N) is 1. The molecule has 19 heavy (non-hydrogen) atoms. The van der Waals surface area contributed by atoms with E-state index in [2.05, 4.69) is 36.5 Å². The van der Waals surface area contributed by atoms with Gasteiger partial charge in [0.25, 0.3) is 0 Å². The van der Waals surface area contributed by atoms with E-state index in [1.165, 1.54) is 11.1 Å². The molecule has 1 amide bonds. The van der Waals surface area contributed by atoms with Gasteiger partial charge < -0.3 is 10.2 Å². The van der Waals surface area contributed by atoms with E-state index < -0.39 is 0 Å². The van der Waals surface area contributed by atoms with E-state index in [1.54, 1.807) is 0 Å². The molecule has 0 bridgehead atoms. The second kappa shape index (κ2) is 5.33. The molecule has 1 fully saturated rings. The highest BCUT2D eigenvalue weighted by molar-refractivity contribution is 5.84. The average molecular weight is 258 g/mol. The number of hydrogen-bond acceptors (Lipinski definition) is 2. The number of rotatable bonds is 1. The van der Waals surface area contributed by atoms with Crippen LogP contribution < -0.4 is 5.32 Å². The van der Waals surface area contributed by atoms with E-state index in [9.17, 15) is 4.79 Å². The van der Waals surface area contributed by atoms with Gasteiger partial charge in [-0.05, 0) is 37.3 Å².